The molecule has 4 heteroatoms. The number of carbonyl (C=O) groups is 1. The summed E-state index contributed by atoms with van der Waals surface area (Å²) in [5.74, 6) is 1.64. The summed E-state index contributed by atoms with van der Waals surface area (Å²) in [5.41, 5.74) is 2.32. The number of alkyl halides is 1. The van der Waals surface area contributed by atoms with Gasteiger partial charge in [0.05, 0.1) is 6.61 Å². The molecule has 20 heavy (non-hydrogen) atoms. The fourth-order valence-corrected chi connectivity index (χ4v) is 2.82. The topological polar surface area (TPSA) is 26.3 Å². The summed E-state index contributed by atoms with van der Waals surface area (Å²) in [6.45, 7) is 6.60. The van der Waals surface area contributed by atoms with Crippen molar-refractivity contribution in [3.05, 3.63) is 35.4 Å². The van der Waals surface area contributed by atoms with Gasteiger partial charge in [0.1, 0.15) is 5.25 Å². The van der Waals surface area contributed by atoms with E-state index in [0.29, 0.717) is 18.4 Å². The summed E-state index contributed by atoms with van der Waals surface area (Å²) in [7, 11) is 0. The van der Waals surface area contributed by atoms with Crippen LogP contribution in [0, 0.1) is 5.92 Å². The van der Waals surface area contributed by atoms with Crippen molar-refractivity contribution in [2.45, 2.75) is 44.1 Å². The van der Waals surface area contributed by atoms with Gasteiger partial charge in [-0.2, -0.15) is 0 Å². The van der Waals surface area contributed by atoms with Crippen LogP contribution in [0.5, 0.6) is 0 Å². The van der Waals surface area contributed by atoms with Gasteiger partial charge in [0, 0.05) is 11.6 Å². The van der Waals surface area contributed by atoms with E-state index in [2.05, 4.69) is 12.1 Å². The molecule has 0 bridgehead atoms. The molecule has 1 atom stereocenters. The molecule has 0 N–H and O–H groups in total. The molecule has 112 valence electrons. The van der Waals surface area contributed by atoms with E-state index in [1.165, 1.54) is 5.56 Å². The van der Waals surface area contributed by atoms with Crippen LogP contribution < -0.4 is 0 Å². The zero-order valence-corrected chi connectivity index (χ0v) is 14.0. The summed E-state index contributed by atoms with van der Waals surface area (Å²) < 4.78 is 5.30. The standard InChI is InChI=1S/C16H23ClO2S/c1-4-15(16(18)19-10-12(2)3)20-11-14-7-5-13(9-17)6-8-14/h5-8,12,15H,4,9-11H2,1-3H3. The Labute approximate surface area is 131 Å². The molecule has 0 spiro atoms. The van der Waals surface area contributed by atoms with Crippen LogP contribution in [-0.4, -0.2) is 17.8 Å². The van der Waals surface area contributed by atoms with E-state index in [4.69, 9.17) is 16.3 Å². The van der Waals surface area contributed by atoms with Crippen molar-refractivity contribution in [1.82, 2.24) is 0 Å². The first kappa shape index (κ1) is 17.4. The summed E-state index contributed by atoms with van der Waals surface area (Å²) in [6.07, 6.45) is 0.793. The van der Waals surface area contributed by atoms with E-state index in [-0.39, 0.29) is 11.2 Å². The normalized spacial score (nSPS) is 12.4. The van der Waals surface area contributed by atoms with E-state index >= 15 is 0 Å². The van der Waals surface area contributed by atoms with Gasteiger partial charge < -0.3 is 4.74 Å². The van der Waals surface area contributed by atoms with E-state index in [1.54, 1.807) is 11.8 Å². The first-order valence-corrected chi connectivity index (χ1v) is 8.57. The molecular weight excluding hydrogens is 292 g/mol. The minimum Gasteiger partial charge on any atom is -0.465 e. The maximum absolute atomic E-state index is 11.9. The highest BCUT2D eigenvalue weighted by Gasteiger charge is 2.18. The highest BCUT2D eigenvalue weighted by molar-refractivity contribution is 7.99. The maximum atomic E-state index is 11.9. The molecule has 0 aromatic heterocycles. The first-order valence-electron chi connectivity index (χ1n) is 6.98. The van der Waals surface area contributed by atoms with E-state index in [9.17, 15) is 4.79 Å². The van der Waals surface area contributed by atoms with Crippen LogP contribution in [0.2, 0.25) is 0 Å². The van der Waals surface area contributed by atoms with Gasteiger partial charge in [-0.15, -0.1) is 23.4 Å². The predicted octanol–water partition coefficient (Wildman–Crippen LogP) is 4.64. The highest BCUT2D eigenvalue weighted by Crippen LogP contribution is 2.22. The summed E-state index contributed by atoms with van der Waals surface area (Å²) in [4.78, 5) is 11.9. The van der Waals surface area contributed by atoms with Crippen molar-refractivity contribution in [3.8, 4) is 0 Å². The molecule has 0 aliphatic rings. The second kappa shape index (κ2) is 9.30. The molecule has 0 radical (unpaired) electrons. The Morgan fingerprint density at radius 1 is 1.25 bits per heavy atom. The molecule has 0 heterocycles. The number of esters is 1. The van der Waals surface area contributed by atoms with Gasteiger partial charge in [0.25, 0.3) is 0 Å². The molecule has 0 aliphatic heterocycles. The van der Waals surface area contributed by atoms with Gasteiger partial charge in [-0.1, -0.05) is 45.0 Å². The second-order valence-corrected chi connectivity index (χ2v) is 6.64. The van der Waals surface area contributed by atoms with Gasteiger partial charge in [0.15, 0.2) is 0 Å². The number of hydrogen-bond donors (Lipinski definition) is 0. The molecular formula is C16H23ClO2S. The minimum atomic E-state index is -0.0939. The SMILES string of the molecule is CCC(SCc1ccc(CCl)cc1)C(=O)OCC(C)C. The number of ether oxygens (including phenoxy) is 1. The summed E-state index contributed by atoms with van der Waals surface area (Å²) >= 11 is 7.40. The molecule has 1 rings (SSSR count). The maximum Gasteiger partial charge on any atom is 0.319 e. The zero-order valence-electron chi connectivity index (χ0n) is 12.4. The van der Waals surface area contributed by atoms with Crippen LogP contribution >= 0.6 is 23.4 Å². The van der Waals surface area contributed by atoms with Gasteiger partial charge in [0.2, 0.25) is 0 Å². The van der Waals surface area contributed by atoms with E-state index < -0.39 is 0 Å². The largest absolute Gasteiger partial charge is 0.465 e. The van der Waals surface area contributed by atoms with Crippen molar-refractivity contribution < 1.29 is 9.53 Å². The van der Waals surface area contributed by atoms with Gasteiger partial charge in [-0.3, -0.25) is 4.79 Å². The minimum absolute atomic E-state index is 0.0820. The first-order chi connectivity index (χ1) is 9.56. The van der Waals surface area contributed by atoms with Crippen LogP contribution in [0.15, 0.2) is 24.3 Å². The molecule has 1 aromatic rings. The number of thioether (sulfide) groups is 1. The van der Waals surface area contributed by atoms with Crippen molar-refractivity contribution >= 4 is 29.3 Å². The van der Waals surface area contributed by atoms with Crippen LogP contribution in [0.3, 0.4) is 0 Å². The van der Waals surface area contributed by atoms with E-state index in [0.717, 1.165) is 17.7 Å². The van der Waals surface area contributed by atoms with Gasteiger partial charge >= 0.3 is 5.97 Å². The van der Waals surface area contributed by atoms with Gasteiger partial charge in [-0.05, 0) is 23.5 Å². The van der Waals surface area contributed by atoms with Crippen molar-refractivity contribution in [1.29, 1.82) is 0 Å². The number of carbonyl (C=O) groups excluding carboxylic acids is 1. The fourth-order valence-electron chi connectivity index (χ4n) is 1.62. The van der Waals surface area contributed by atoms with Crippen molar-refractivity contribution in [3.63, 3.8) is 0 Å². The predicted molar refractivity (Wildman–Crippen MR) is 87.2 cm³/mol. The molecule has 1 unspecified atom stereocenters. The van der Waals surface area contributed by atoms with E-state index in [1.807, 2.05) is 32.9 Å². The highest BCUT2D eigenvalue weighted by atomic mass is 35.5. The molecule has 0 amide bonds. The number of benzene rings is 1. The Morgan fingerprint density at radius 3 is 2.35 bits per heavy atom. The lowest BCUT2D eigenvalue weighted by atomic mass is 10.2. The zero-order chi connectivity index (χ0) is 15.0. The number of rotatable bonds is 8. The Hall–Kier alpha value is -0.670. The van der Waals surface area contributed by atoms with Crippen LogP contribution in [-0.2, 0) is 21.2 Å². The van der Waals surface area contributed by atoms with Crippen LogP contribution in [0.25, 0.3) is 0 Å². The Kier molecular flexibility index (Phi) is 8.08. The molecule has 0 aliphatic carbocycles. The smallest absolute Gasteiger partial charge is 0.319 e. The third kappa shape index (κ3) is 6.19. The number of halogens is 1. The molecule has 2 nitrogen and oxygen atoms in total. The average Bonchev–Trinajstić information content (AvgIpc) is 2.46. The molecule has 0 fully saturated rings. The fraction of sp³-hybridized carbons (Fsp3) is 0.562. The average molecular weight is 315 g/mol. The summed E-state index contributed by atoms with van der Waals surface area (Å²) in [6, 6.07) is 8.19. The lowest BCUT2D eigenvalue weighted by Crippen LogP contribution is -2.21. The lowest BCUT2D eigenvalue weighted by molar-refractivity contribution is -0.144. The molecule has 1 aromatic carbocycles. The molecule has 0 saturated heterocycles. The van der Waals surface area contributed by atoms with Crippen molar-refractivity contribution in [2.24, 2.45) is 5.92 Å². The lowest BCUT2D eigenvalue weighted by Gasteiger charge is -2.15. The Balaban J connectivity index is 2.45. The van der Waals surface area contributed by atoms with Crippen molar-refractivity contribution in [2.75, 3.05) is 6.61 Å². The van der Waals surface area contributed by atoms with Crippen LogP contribution in [0.4, 0.5) is 0 Å². The Morgan fingerprint density at radius 2 is 1.85 bits per heavy atom. The summed E-state index contributed by atoms with van der Waals surface area (Å²) in [5, 5.41) is -0.0820. The third-order valence-corrected chi connectivity index (χ3v) is 4.56. The quantitative estimate of drug-likeness (QED) is 0.516. The number of hydrogen-bond acceptors (Lipinski definition) is 3. The van der Waals surface area contributed by atoms with Crippen LogP contribution in [0.1, 0.15) is 38.3 Å². The Bertz CT molecular complexity index is 403. The van der Waals surface area contributed by atoms with Gasteiger partial charge in [-0.25, -0.2) is 0 Å². The monoisotopic (exact) mass is 314 g/mol. The molecule has 0 saturated carbocycles. The third-order valence-electron chi connectivity index (χ3n) is 2.82. The second-order valence-electron chi connectivity index (χ2n) is 5.18.